The van der Waals surface area contributed by atoms with Gasteiger partial charge >= 0.3 is 0 Å². The number of hydrogen-bond donors (Lipinski definition) is 0. The van der Waals surface area contributed by atoms with Crippen molar-refractivity contribution < 1.29 is 0 Å². The summed E-state index contributed by atoms with van der Waals surface area (Å²) in [5.74, 6) is 0. The molecule has 0 aliphatic rings. The number of rotatable bonds is 3. The summed E-state index contributed by atoms with van der Waals surface area (Å²) >= 11 is 0. The van der Waals surface area contributed by atoms with Gasteiger partial charge in [-0.15, -0.1) is 0 Å². The van der Waals surface area contributed by atoms with Gasteiger partial charge < -0.3 is 4.90 Å². The summed E-state index contributed by atoms with van der Waals surface area (Å²) in [6.45, 7) is 6.29. The molecule has 0 aliphatic carbocycles. The normalized spacial score (nSPS) is 12.7. The van der Waals surface area contributed by atoms with Gasteiger partial charge in [0.1, 0.15) is 6.33 Å². The third-order valence-corrected chi connectivity index (χ3v) is 3.78. The first kappa shape index (κ1) is 13.7. The lowest BCUT2D eigenvalue weighted by molar-refractivity contribution is 0.321. The van der Waals surface area contributed by atoms with E-state index in [1.165, 1.54) is 5.56 Å². The molecule has 3 nitrogen and oxygen atoms in total. The van der Waals surface area contributed by atoms with Crippen molar-refractivity contribution in [1.82, 2.24) is 14.9 Å². The van der Waals surface area contributed by atoms with E-state index in [9.17, 15) is 0 Å². The number of hydrogen-bond acceptors (Lipinski definition) is 3. The smallest absolute Gasteiger partial charge is 0.116 e. The van der Waals surface area contributed by atoms with Gasteiger partial charge in [-0.2, -0.15) is 0 Å². The predicted octanol–water partition coefficient (Wildman–Crippen LogP) is 3.38. The molecule has 2 rings (SSSR count). The molecule has 0 amide bonds. The molecule has 19 heavy (non-hydrogen) atoms. The van der Waals surface area contributed by atoms with Crippen molar-refractivity contribution in [3.05, 3.63) is 47.4 Å². The van der Waals surface area contributed by atoms with E-state index in [1.807, 2.05) is 6.92 Å². The van der Waals surface area contributed by atoms with Crippen LogP contribution in [0.5, 0.6) is 0 Å². The van der Waals surface area contributed by atoms with Gasteiger partial charge in [0.15, 0.2) is 0 Å². The second-order valence-electron chi connectivity index (χ2n) is 5.19. The van der Waals surface area contributed by atoms with Crippen LogP contribution in [0.3, 0.4) is 0 Å². The van der Waals surface area contributed by atoms with Crippen LogP contribution in [0.2, 0.25) is 0 Å². The summed E-state index contributed by atoms with van der Waals surface area (Å²) < 4.78 is 0. The summed E-state index contributed by atoms with van der Waals surface area (Å²) in [5.41, 5.74) is 5.68. The van der Waals surface area contributed by atoms with Crippen molar-refractivity contribution in [1.29, 1.82) is 0 Å². The third-order valence-electron chi connectivity index (χ3n) is 3.78. The van der Waals surface area contributed by atoms with Crippen molar-refractivity contribution in [3.63, 3.8) is 0 Å². The summed E-state index contributed by atoms with van der Waals surface area (Å²) in [6.07, 6.45) is 1.63. The molecule has 0 saturated carbocycles. The molecule has 1 atom stereocenters. The van der Waals surface area contributed by atoms with E-state index in [0.29, 0.717) is 6.04 Å². The van der Waals surface area contributed by atoms with Crippen LogP contribution in [0.1, 0.15) is 29.8 Å². The Kier molecular flexibility index (Phi) is 3.96. The maximum atomic E-state index is 4.40. The summed E-state index contributed by atoms with van der Waals surface area (Å²) in [6, 6.07) is 9.06. The molecule has 1 aromatic heterocycles. The monoisotopic (exact) mass is 255 g/mol. The molecule has 0 fully saturated rings. The van der Waals surface area contributed by atoms with Gasteiger partial charge in [-0.05, 0) is 46.0 Å². The van der Waals surface area contributed by atoms with Crippen LogP contribution in [-0.4, -0.2) is 29.0 Å². The van der Waals surface area contributed by atoms with Crippen LogP contribution in [0.4, 0.5) is 0 Å². The summed E-state index contributed by atoms with van der Waals surface area (Å²) in [4.78, 5) is 10.8. The van der Waals surface area contributed by atoms with E-state index in [2.05, 4.69) is 67.1 Å². The van der Waals surface area contributed by atoms with Gasteiger partial charge in [-0.3, -0.25) is 0 Å². The first-order valence-electron chi connectivity index (χ1n) is 6.55. The summed E-state index contributed by atoms with van der Waals surface area (Å²) in [5, 5.41) is 0. The first-order chi connectivity index (χ1) is 9.00. The zero-order chi connectivity index (χ0) is 14.0. The topological polar surface area (TPSA) is 29.0 Å². The van der Waals surface area contributed by atoms with Gasteiger partial charge in [0, 0.05) is 17.3 Å². The van der Waals surface area contributed by atoms with Crippen molar-refractivity contribution in [2.75, 3.05) is 14.1 Å². The van der Waals surface area contributed by atoms with Gasteiger partial charge in [-0.1, -0.05) is 24.3 Å². The van der Waals surface area contributed by atoms with E-state index in [0.717, 1.165) is 22.5 Å². The van der Waals surface area contributed by atoms with Crippen LogP contribution in [0, 0.1) is 13.8 Å². The second-order valence-corrected chi connectivity index (χ2v) is 5.19. The van der Waals surface area contributed by atoms with Gasteiger partial charge in [0.25, 0.3) is 0 Å². The fourth-order valence-electron chi connectivity index (χ4n) is 2.05. The number of benzene rings is 1. The lowest BCUT2D eigenvalue weighted by Crippen LogP contribution is -2.16. The Morgan fingerprint density at radius 1 is 1.00 bits per heavy atom. The maximum absolute atomic E-state index is 4.40. The molecular weight excluding hydrogens is 234 g/mol. The second kappa shape index (κ2) is 5.49. The highest BCUT2D eigenvalue weighted by atomic mass is 15.1. The highest BCUT2D eigenvalue weighted by Crippen LogP contribution is 2.25. The minimum Gasteiger partial charge on any atom is -0.303 e. The molecular formula is C16H21N3. The molecule has 2 aromatic rings. The molecule has 0 spiro atoms. The molecule has 0 unspecified atom stereocenters. The molecule has 0 aliphatic heterocycles. The first-order valence-corrected chi connectivity index (χ1v) is 6.55. The van der Waals surface area contributed by atoms with Crippen molar-refractivity contribution >= 4 is 0 Å². The largest absolute Gasteiger partial charge is 0.303 e. The molecule has 0 N–H and O–H groups in total. The minimum absolute atomic E-state index is 0.419. The van der Waals surface area contributed by atoms with Crippen molar-refractivity contribution in [2.45, 2.75) is 26.8 Å². The fourth-order valence-corrected chi connectivity index (χ4v) is 2.05. The number of aromatic nitrogens is 2. The predicted molar refractivity (Wildman–Crippen MR) is 79.0 cm³/mol. The van der Waals surface area contributed by atoms with Crippen LogP contribution in [0.25, 0.3) is 11.3 Å². The molecule has 0 radical (unpaired) electrons. The van der Waals surface area contributed by atoms with Crippen LogP contribution in [0.15, 0.2) is 30.6 Å². The summed E-state index contributed by atoms with van der Waals surface area (Å²) in [7, 11) is 4.19. The molecule has 1 aromatic carbocycles. The molecule has 3 heteroatoms. The standard InChI is InChI=1S/C16H21N3/c1-11-12(2)17-10-18-16(11)15-8-6-14(7-9-15)13(3)19(4)5/h6-10,13H,1-5H3/t13-/m0/s1. The van der Waals surface area contributed by atoms with E-state index in [1.54, 1.807) is 6.33 Å². The van der Waals surface area contributed by atoms with E-state index in [4.69, 9.17) is 0 Å². The Hall–Kier alpha value is -1.74. The van der Waals surface area contributed by atoms with Gasteiger partial charge in [0.2, 0.25) is 0 Å². The highest BCUT2D eigenvalue weighted by molar-refractivity contribution is 5.63. The van der Waals surface area contributed by atoms with E-state index < -0.39 is 0 Å². The molecule has 100 valence electrons. The Balaban J connectivity index is 2.35. The van der Waals surface area contributed by atoms with Crippen LogP contribution < -0.4 is 0 Å². The molecule has 0 bridgehead atoms. The minimum atomic E-state index is 0.419. The lowest BCUT2D eigenvalue weighted by Gasteiger charge is -2.20. The van der Waals surface area contributed by atoms with Gasteiger partial charge in [-0.25, -0.2) is 9.97 Å². The SMILES string of the molecule is Cc1ncnc(-c2ccc([C@H](C)N(C)C)cc2)c1C. The lowest BCUT2D eigenvalue weighted by atomic mass is 10.0. The fraction of sp³-hybridized carbons (Fsp3) is 0.375. The molecule has 0 saturated heterocycles. The zero-order valence-corrected chi connectivity index (χ0v) is 12.3. The zero-order valence-electron chi connectivity index (χ0n) is 12.3. The number of nitrogens with zero attached hydrogens (tertiary/aromatic N) is 3. The Morgan fingerprint density at radius 3 is 2.21 bits per heavy atom. The van der Waals surface area contributed by atoms with Crippen LogP contribution in [-0.2, 0) is 0 Å². The maximum Gasteiger partial charge on any atom is 0.116 e. The Morgan fingerprint density at radius 2 is 1.63 bits per heavy atom. The third kappa shape index (κ3) is 2.82. The Bertz CT molecular complexity index is 559. The average molecular weight is 255 g/mol. The van der Waals surface area contributed by atoms with Crippen LogP contribution >= 0.6 is 0 Å². The molecule has 1 heterocycles. The number of aryl methyl sites for hydroxylation is 1. The van der Waals surface area contributed by atoms with E-state index in [-0.39, 0.29) is 0 Å². The van der Waals surface area contributed by atoms with Crippen molar-refractivity contribution in [2.24, 2.45) is 0 Å². The van der Waals surface area contributed by atoms with Crippen molar-refractivity contribution in [3.8, 4) is 11.3 Å². The Labute approximate surface area is 115 Å². The van der Waals surface area contributed by atoms with E-state index >= 15 is 0 Å². The van der Waals surface area contributed by atoms with Gasteiger partial charge in [0.05, 0.1) is 5.69 Å². The quantitative estimate of drug-likeness (QED) is 0.842. The average Bonchev–Trinajstić information content (AvgIpc) is 2.41. The highest BCUT2D eigenvalue weighted by Gasteiger charge is 2.09.